The van der Waals surface area contributed by atoms with Crippen LogP contribution in [0.3, 0.4) is 0 Å². The number of rotatable bonds is 3. The van der Waals surface area contributed by atoms with E-state index in [1.54, 1.807) is 23.0 Å². The summed E-state index contributed by atoms with van der Waals surface area (Å²) < 4.78 is 9.66. The lowest BCUT2D eigenvalue weighted by molar-refractivity contribution is 0.416. The topological polar surface area (TPSA) is 55.2 Å². The van der Waals surface area contributed by atoms with Gasteiger partial charge in [0.15, 0.2) is 11.4 Å². The summed E-state index contributed by atoms with van der Waals surface area (Å²) in [4.78, 5) is 7.79. The Balaban J connectivity index is 2.01. The number of halogens is 1. The highest BCUT2D eigenvalue weighted by Gasteiger charge is 2.20. The number of pyridine rings is 1. The maximum absolute atomic E-state index is 5.48. The number of methoxy groups -OCH3 is 1. The molecule has 4 aromatic heterocycles. The first kappa shape index (κ1) is 14.7. The fourth-order valence-corrected chi connectivity index (χ4v) is 4.68. The summed E-state index contributed by atoms with van der Waals surface area (Å²) in [6, 6.07) is 4.14. The number of aromatic amines is 1. The van der Waals surface area contributed by atoms with E-state index in [9.17, 15) is 0 Å². The molecule has 0 atom stereocenters. The van der Waals surface area contributed by atoms with Crippen LogP contribution in [-0.2, 0) is 0 Å². The van der Waals surface area contributed by atoms with E-state index in [1.807, 2.05) is 12.3 Å². The quantitative estimate of drug-likeness (QED) is 0.544. The molecule has 0 aliphatic rings. The van der Waals surface area contributed by atoms with Crippen LogP contribution in [0.2, 0.25) is 0 Å². The van der Waals surface area contributed by atoms with Crippen LogP contribution in [-0.4, -0.2) is 26.7 Å². The van der Waals surface area contributed by atoms with Gasteiger partial charge in [-0.15, -0.1) is 11.3 Å². The molecular weight excluding hydrogens is 376 g/mol. The SMILES string of the molecule is COc1cc(-c2[nH]c3cc(Br)sc3c2C(C)C)cn2ncnc12. The standard InChI is InChI=1S/C16H15BrN4OS/c1-8(2)13-14(20-10-5-12(17)23-15(10)13)9-4-11(22-3)16-18-7-19-21(16)6-9/h4-8,20H,1-3H3. The zero-order chi connectivity index (χ0) is 16.1. The van der Waals surface area contributed by atoms with Gasteiger partial charge in [0.05, 0.1) is 26.8 Å². The van der Waals surface area contributed by atoms with E-state index in [-0.39, 0.29) is 0 Å². The Morgan fingerprint density at radius 2 is 2.17 bits per heavy atom. The van der Waals surface area contributed by atoms with Gasteiger partial charge < -0.3 is 9.72 Å². The highest BCUT2D eigenvalue weighted by atomic mass is 79.9. The molecule has 0 fully saturated rings. The first-order valence-corrected chi connectivity index (χ1v) is 8.88. The molecule has 4 aromatic rings. The molecule has 0 radical (unpaired) electrons. The molecule has 0 amide bonds. The number of aromatic nitrogens is 4. The van der Waals surface area contributed by atoms with Crippen molar-refractivity contribution in [1.82, 2.24) is 19.6 Å². The van der Waals surface area contributed by atoms with Crippen molar-refractivity contribution in [3.63, 3.8) is 0 Å². The van der Waals surface area contributed by atoms with Crippen molar-refractivity contribution in [2.75, 3.05) is 7.11 Å². The van der Waals surface area contributed by atoms with E-state index in [2.05, 4.69) is 50.9 Å². The van der Waals surface area contributed by atoms with Crippen molar-refractivity contribution in [2.45, 2.75) is 19.8 Å². The third-order valence-corrected chi connectivity index (χ3v) is 5.57. The summed E-state index contributed by atoms with van der Waals surface area (Å²) in [7, 11) is 1.65. The molecule has 0 saturated heterocycles. The molecule has 0 unspecified atom stereocenters. The molecule has 0 saturated carbocycles. The summed E-state index contributed by atoms with van der Waals surface area (Å²) >= 11 is 5.33. The highest BCUT2D eigenvalue weighted by Crippen LogP contribution is 2.41. The number of H-pyrrole nitrogens is 1. The van der Waals surface area contributed by atoms with Gasteiger partial charge in [-0.05, 0) is 39.5 Å². The maximum atomic E-state index is 5.48. The summed E-state index contributed by atoms with van der Waals surface area (Å²) in [5.74, 6) is 1.12. The maximum Gasteiger partial charge on any atom is 0.197 e. The molecule has 0 aliphatic carbocycles. The minimum atomic E-state index is 0.404. The van der Waals surface area contributed by atoms with Gasteiger partial charge >= 0.3 is 0 Å². The third-order valence-electron chi connectivity index (χ3n) is 3.90. The minimum absolute atomic E-state index is 0.404. The zero-order valence-corrected chi connectivity index (χ0v) is 15.3. The van der Waals surface area contributed by atoms with Gasteiger partial charge in [-0.25, -0.2) is 9.50 Å². The van der Waals surface area contributed by atoms with Gasteiger partial charge in [-0.2, -0.15) is 5.10 Å². The molecule has 4 heterocycles. The second-order valence-electron chi connectivity index (χ2n) is 5.69. The second-order valence-corrected chi connectivity index (χ2v) is 8.12. The van der Waals surface area contributed by atoms with Crippen molar-refractivity contribution in [3.8, 4) is 17.0 Å². The Hall–Kier alpha value is -1.86. The van der Waals surface area contributed by atoms with Crippen molar-refractivity contribution in [1.29, 1.82) is 0 Å². The summed E-state index contributed by atoms with van der Waals surface area (Å²) in [6.07, 6.45) is 3.52. The number of nitrogens with one attached hydrogen (secondary N) is 1. The Bertz CT molecular complexity index is 1010. The number of thiophene rings is 1. The normalized spacial score (nSPS) is 11.9. The van der Waals surface area contributed by atoms with Crippen molar-refractivity contribution in [3.05, 3.63) is 34.0 Å². The van der Waals surface area contributed by atoms with Crippen LogP contribution in [0, 0.1) is 0 Å². The van der Waals surface area contributed by atoms with Crippen molar-refractivity contribution < 1.29 is 4.74 Å². The molecule has 0 aromatic carbocycles. The van der Waals surface area contributed by atoms with Crippen LogP contribution >= 0.6 is 27.3 Å². The van der Waals surface area contributed by atoms with Crippen LogP contribution in [0.15, 0.2) is 28.4 Å². The van der Waals surface area contributed by atoms with Crippen molar-refractivity contribution >= 4 is 43.1 Å². The lowest BCUT2D eigenvalue weighted by Gasteiger charge is -2.10. The third kappa shape index (κ3) is 2.26. The summed E-state index contributed by atoms with van der Waals surface area (Å²) in [5.41, 5.74) is 5.35. The fraction of sp³-hybridized carbons (Fsp3) is 0.250. The number of nitrogens with zero attached hydrogens (tertiary/aromatic N) is 3. The average Bonchev–Trinajstić information content (AvgIpc) is 3.18. The van der Waals surface area contributed by atoms with Gasteiger partial charge in [0, 0.05) is 11.8 Å². The molecule has 0 spiro atoms. The zero-order valence-electron chi connectivity index (χ0n) is 12.9. The first-order chi connectivity index (χ1) is 11.1. The molecule has 1 N–H and O–H groups in total. The summed E-state index contributed by atoms with van der Waals surface area (Å²) in [6.45, 7) is 4.43. The molecule has 5 nitrogen and oxygen atoms in total. The Kier molecular flexibility index (Phi) is 3.42. The minimum Gasteiger partial charge on any atom is -0.493 e. The monoisotopic (exact) mass is 390 g/mol. The molecular formula is C16H15BrN4OS. The number of fused-ring (bicyclic) bond motifs is 2. The van der Waals surface area contributed by atoms with E-state index in [0.717, 1.165) is 26.2 Å². The van der Waals surface area contributed by atoms with Crippen LogP contribution in [0.1, 0.15) is 25.3 Å². The Morgan fingerprint density at radius 1 is 1.35 bits per heavy atom. The largest absolute Gasteiger partial charge is 0.493 e. The van der Waals surface area contributed by atoms with Crippen LogP contribution in [0.4, 0.5) is 0 Å². The average molecular weight is 391 g/mol. The van der Waals surface area contributed by atoms with E-state index >= 15 is 0 Å². The van der Waals surface area contributed by atoms with Crippen LogP contribution in [0.25, 0.3) is 27.1 Å². The molecule has 118 valence electrons. The van der Waals surface area contributed by atoms with Crippen molar-refractivity contribution in [2.24, 2.45) is 0 Å². The molecule has 0 aliphatic heterocycles. The molecule has 23 heavy (non-hydrogen) atoms. The molecule has 4 rings (SSSR count). The Morgan fingerprint density at radius 3 is 2.91 bits per heavy atom. The van der Waals surface area contributed by atoms with Gasteiger partial charge in [-0.3, -0.25) is 0 Å². The van der Waals surface area contributed by atoms with E-state index in [4.69, 9.17) is 4.74 Å². The van der Waals surface area contributed by atoms with Gasteiger partial charge in [-0.1, -0.05) is 13.8 Å². The smallest absolute Gasteiger partial charge is 0.197 e. The van der Waals surface area contributed by atoms with Gasteiger partial charge in [0.2, 0.25) is 0 Å². The van der Waals surface area contributed by atoms with Crippen LogP contribution in [0.5, 0.6) is 5.75 Å². The lowest BCUT2D eigenvalue weighted by atomic mass is 10.00. The van der Waals surface area contributed by atoms with Crippen LogP contribution < -0.4 is 4.74 Å². The lowest BCUT2D eigenvalue weighted by Crippen LogP contribution is -1.96. The first-order valence-electron chi connectivity index (χ1n) is 7.27. The number of hydrogen-bond donors (Lipinski definition) is 1. The highest BCUT2D eigenvalue weighted by molar-refractivity contribution is 9.11. The molecule has 0 bridgehead atoms. The molecule has 7 heteroatoms. The summed E-state index contributed by atoms with van der Waals surface area (Å²) in [5, 5.41) is 4.25. The Labute approximate surface area is 145 Å². The predicted octanol–water partition coefficient (Wildman–Crippen LogP) is 4.83. The van der Waals surface area contributed by atoms with Gasteiger partial charge in [0.1, 0.15) is 6.33 Å². The van der Waals surface area contributed by atoms with E-state index in [1.165, 1.54) is 16.6 Å². The number of ether oxygens (including phenoxy) is 1. The van der Waals surface area contributed by atoms with Gasteiger partial charge in [0.25, 0.3) is 0 Å². The second kappa shape index (κ2) is 5.35. The van der Waals surface area contributed by atoms with E-state index < -0.39 is 0 Å². The fourth-order valence-electron chi connectivity index (χ4n) is 2.93. The van der Waals surface area contributed by atoms with E-state index in [0.29, 0.717) is 11.7 Å². The predicted molar refractivity (Wildman–Crippen MR) is 96.5 cm³/mol. The number of hydrogen-bond acceptors (Lipinski definition) is 4.